The van der Waals surface area contributed by atoms with Gasteiger partial charge in [-0.1, -0.05) is 52.4 Å². The fraction of sp³-hybridized carbons (Fsp3) is 0.154. The Morgan fingerprint density at radius 1 is 0.370 bits per heavy atom. The molecule has 0 saturated heterocycles. The van der Waals surface area contributed by atoms with Crippen molar-refractivity contribution in [3.05, 3.63) is 166 Å². The molecule has 5 heterocycles. The maximum absolute atomic E-state index is 17.1. The highest BCUT2D eigenvalue weighted by Crippen LogP contribution is 2.54. The van der Waals surface area contributed by atoms with E-state index >= 15 is 17.6 Å². The van der Waals surface area contributed by atoms with Gasteiger partial charge in [-0.25, -0.2) is 14.7 Å². The maximum atomic E-state index is 17.1. The molecule has 0 atom stereocenters. The molecule has 4 aromatic carbocycles. The number of alkyl halides is 20. The van der Waals surface area contributed by atoms with Crippen LogP contribution in [0.2, 0.25) is 0 Å². The van der Waals surface area contributed by atoms with Crippen LogP contribution in [0.5, 0.6) is 0 Å². The number of fused-ring (bicyclic) bond motifs is 8. The lowest BCUT2D eigenvalue weighted by Gasteiger charge is -2.32. The first kappa shape index (κ1) is 57.6. The Kier molecular flexibility index (Phi) is 13.7. The van der Waals surface area contributed by atoms with Gasteiger partial charge in [-0.05, 0) is 113 Å². The van der Waals surface area contributed by atoms with Crippen LogP contribution in [0.4, 0.5) is 91.7 Å². The molecular weight excluding hydrogens is 1160 g/mol. The molecule has 7 nitrogen and oxygen atoms in total. The van der Waals surface area contributed by atoms with Crippen LogP contribution in [0, 0.1) is 0 Å². The Bertz CT molecular complexity index is 3970. The molecule has 0 saturated carbocycles. The van der Waals surface area contributed by atoms with Crippen LogP contribution < -0.4 is 0 Å². The van der Waals surface area contributed by atoms with Crippen LogP contribution in [0.25, 0.3) is 90.4 Å². The van der Waals surface area contributed by atoms with Gasteiger partial charge in [0.05, 0.1) is 50.6 Å². The molecule has 0 aliphatic carbocycles. The molecular formula is C52H25F21N4O3S. The highest BCUT2D eigenvalue weighted by Gasteiger charge is 2.75. The number of ether oxygens (including phenoxy) is 1. The van der Waals surface area contributed by atoms with Gasteiger partial charge in [-0.15, -0.1) is 0 Å². The maximum Gasteiger partial charge on any atom is 0.464 e. The first-order valence-corrected chi connectivity index (χ1v) is 23.8. The zero-order chi connectivity index (χ0) is 59.4. The van der Waals surface area contributed by atoms with Gasteiger partial charge in [0.1, 0.15) is 0 Å². The van der Waals surface area contributed by atoms with Crippen molar-refractivity contribution < 1.29 is 105 Å². The zero-order valence-electron chi connectivity index (χ0n) is 39.2. The van der Waals surface area contributed by atoms with Crippen molar-refractivity contribution in [2.45, 2.75) is 48.1 Å². The minimum Gasteiger partial charge on any atom is -0.354 e. The average molecular weight is 1180 g/mol. The second kappa shape index (κ2) is 19.3. The third kappa shape index (κ3) is 10.6. The van der Waals surface area contributed by atoms with E-state index in [1.165, 1.54) is 12.2 Å². The summed E-state index contributed by atoms with van der Waals surface area (Å²) in [7, 11) is -7.97. The van der Waals surface area contributed by atoms with Crippen LogP contribution in [0.15, 0.2) is 121 Å². The second-order valence-corrected chi connectivity index (χ2v) is 19.0. The number of H-pyrrole nitrogens is 2. The summed E-state index contributed by atoms with van der Waals surface area (Å²) in [5.74, 6) is -6.58. The van der Waals surface area contributed by atoms with Gasteiger partial charge < -0.3 is 9.97 Å². The third-order valence-corrected chi connectivity index (χ3v) is 13.3. The Morgan fingerprint density at radius 2 is 0.667 bits per heavy atom. The van der Waals surface area contributed by atoms with Crippen molar-refractivity contribution in [1.82, 2.24) is 19.9 Å². The highest BCUT2D eigenvalue weighted by molar-refractivity contribution is 7.87. The molecule has 0 radical (unpaired) electrons. The fourth-order valence-corrected chi connectivity index (χ4v) is 8.95. The monoisotopic (exact) mass is 1180 g/mol. The van der Waals surface area contributed by atoms with E-state index in [1.807, 2.05) is 0 Å². The summed E-state index contributed by atoms with van der Waals surface area (Å²) in [6.07, 6.45) is -32.1. The smallest absolute Gasteiger partial charge is 0.354 e. The van der Waals surface area contributed by atoms with Gasteiger partial charge in [0.15, 0.2) is 0 Å². The average Bonchev–Trinajstić information content (AvgIpc) is 4.38. The number of halogens is 21. The van der Waals surface area contributed by atoms with Crippen molar-refractivity contribution in [2.75, 3.05) is 0 Å². The Morgan fingerprint density at radius 3 is 0.975 bits per heavy atom. The fourth-order valence-electron chi connectivity index (χ4n) is 8.62. The predicted octanol–water partition coefficient (Wildman–Crippen LogP) is 17.5. The van der Waals surface area contributed by atoms with Gasteiger partial charge >= 0.3 is 58.3 Å². The number of nitrogens with zero attached hydrogens (tertiary/aromatic N) is 2. The lowest BCUT2D eigenvalue weighted by Crippen LogP contribution is -2.55. The summed E-state index contributed by atoms with van der Waals surface area (Å²) < 4.78 is 330. The van der Waals surface area contributed by atoms with Gasteiger partial charge in [-0.3, -0.25) is 0 Å². The SMILES string of the molecule is O=S(=O)(F)C(F)(F)C(F)(F)OC(F)(F)C(F)(F)C1=Cc2nc1c(-c1ccc(C(F)(F)F)cc1)c1ccc([nH]1)c(-c1ccc(C(F)(F)F)cc1)c1nc(c(-c3ccc(C(F)(F)F)cc3)c3ccc([nH]3)c2-c2ccc(C(F)(F)F)cc2)C=C1. The number of benzene rings is 4. The van der Waals surface area contributed by atoms with E-state index in [-0.39, 0.29) is 50.8 Å². The second-order valence-electron chi connectivity index (χ2n) is 17.7. The molecule has 2 N–H and O–H groups in total. The lowest BCUT2D eigenvalue weighted by atomic mass is 9.95. The molecule has 2 aliphatic rings. The first-order valence-electron chi connectivity index (χ1n) is 22.4. The summed E-state index contributed by atoms with van der Waals surface area (Å²) in [4.78, 5) is 14.2. The van der Waals surface area contributed by atoms with Gasteiger partial charge in [0.25, 0.3) is 0 Å². The minimum absolute atomic E-state index is 0.0702. The minimum atomic E-state index is -7.97. The topological polar surface area (TPSA) is 101 Å². The number of nitrogens with one attached hydrogen (secondary N) is 2. The highest BCUT2D eigenvalue weighted by atomic mass is 32.3. The number of hydrogen-bond donors (Lipinski definition) is 2. The molecule has 9 rings (SSSR count). The van der Waals surface area contributed by atoms with Gasteiger partial charge in [-0.2, -0.15) is 96.2 Å². The van der Waals surface area contributed by atoms with Crippen molar-refractivity contribution >= 4 is 56.1 Å². The molecule has 29 heteroatoms. The molecule has 0 fully saturated rings. The number of rotatable bonds is 10. The van der Waals surface area contributed by atoms with E-state index in [9.17, 15) is 82.6 Å². The number of aromatic nitrogens is 4. The normalized spacial score (nSPS) is 14.2. The summed E-state index contributed by atoms with van der Waals surface area (Å²) in [5, 5.41) is -7.32. The summed E-state index contributed by atoms with van der Waals surface area (Å²) in [5.41, 5.74) is -15.9. The van der Waals surface area contributed by atoms with Crippen LogP contribution in [-0.4, -0.2) is 51.7 Å². The third-order valence-electron chi connectivity index (χ3n) is 12.5. The summed E-state index contributed by atoms with van der Waals surface area (Å²) in [6.45, 7) is 0. The Labute approximate surface area is 438 Å². The first-order chi connectivity index (χ1) is 37.3. The van der Waals surface area contributed by atoms with Crippen molar-refractivity contribution in [3.8, 4) is 44.5 Å². The number of hydrogen-bond acceptors (Lipinski definition) is 5. The van der Waals surface area contributed by atoms with Crippen LogP contribution in [0.1, 0.15) is 45.0 Å². The Hall–Kier alpha value is -8.08. The van der Waals surface area contributed by atoms with E-state index < -0.39 is 131 Å². The van der Waals surface area contributed by atoms with Gasteiger partial charge in [0, 0.05) is 44.3 Å². The molecule has 3 aromatic heterocycles. The Balaban J connectivity index is 1.49. The molecule has 2 aliphatic heterocycles. The van der Waals surface area contributed by atoms with Crippen molar-refractivity contribution in [3.63, 3.8) is 0 Å². The molecule has 8 bridgehead atoms. The van der Waals surface area contributed by atoms with E-state index in [2.05, 4.69) is 24.7 Å². The molecule has 424 valence electrons. The van der Waals surface area contributed by atoms with E-state index in [1.54, 1.807) is 0 Å². The number of aromatic amines is 2. The molecule has 7 aromatic rings. The van der Waals surface area contributed by atoms with Crippen molar-refractivity contribution in [2.24, 2.45) is 0 Å². The molecule has 0 unspecified atom stereocenters. The summed E-state index contributed by atoms with van der Waals surface area (Å²) in [6, 6.07) is 14.3. The lowest BCUT2D eigenvalue weighted by molar-refractivity contribution is -0.446. The van der Waals surface area contributed by atoms with E-state index in [0.29, 0.717) is 72.8 Å². The predicted molar refractivity (Wildman–Crippen MR) is 250 cm³/mol. The van der Waals surface area contributed by atoms with Crippen LogP contribution in [0.3, 0.4) is 0 Å². The molecule has 0 amide bonds. The van der Waals surface area contributed by atoms with Crippen LogP contribution >= 0.6 is 0 Å². The van der Waals surface area contributed by atoms with Crippen molar-refractivity contribution in [1.29, 1.82) is 0 Å². The zero-order valence-corrected chi connectivity index (χ0v) is 40.1. The molecule has 81 heavy (non-hydrogen) atoms. The molecule has 0 spiro atoms. The van der Waals surface area contributed by atoms with Gasteiger partial charge in [0.2, 0.25) is 0 Å². The largest absolute Gasteiger partial charge is 0.464 e. The summed E-state index contributed by atoms with van der Waals surface area (Å²) >= 11 is 0. The van der Waals surface area contributed by atoms with E-state index in [4.69, 9.17) is 0 Å². The quantitative estimate of drug-likeness (QED) is 0.105. The standard InChI is InChI=1S/C52H25F21N4O3S/c53-45(54,50(67,68)80-51(69,70)52(71,72)81(73,78)79)32-23-39-42(26-5-13-30(14-6-26)48(61,62)63)37-20-19-35(75-37)40(24-1-9-28(10-2-24)46(55,56)57)33-17-18-34(74-33)41(25-3-11-29(12-4-25)47(58,59)60)36-21-22-38(76-36)43(44(32)77-39)27-7-15-31(16-8-27)49(64,65)66/h1-23,75-76H. The van der Waals surface area contributed by atoms with Crippen LogP contribution in [-0.2, 0) is 39.7 Å². The van der Waals surface area contributed by atoms with E-state index in [0.717, 1.165) is 48.5 Å².